The maximum Gasteiger partial charge on any atom is 0.322 e. The number of aromatic nitrogens is 2. The highest BCUT2D eigenvalue weighted by Crippen LogP contribution is 2.23. The van der Waals surface area contributed by atoms with Crippen LogP contribution in [0, 0.1) is 0 Å². The Kier molecular flexibility index (Phi) is 6.83. The number of carbonyl (C=O) groups excluding carboxylic acids is 1. The van der Waals surface area contributed by atoms with Crippen LogP contribution in [-0.2, 0) is 9.84 Å². The maximum absolute atomic E-state index is 12.5. The lowest BCUT2D eigenvalue weighted by atomic mass is 10.2. The van der Waals surface area contributed by atoms with Crippen LogP contribution in [0.3, 0.4) is 0 Å². The number of carbonyl (C=O) groups is 1. The number of nitrogens with zero attached hydrogens (tertiary/aromatic N) is 2. The predicted octanol–water partition coefficient (Wildman–Crippen LogP) is 3.96. The topological polar surface area (TPSA) is 111 Å². The Morgan fingerprint density at radius 2 is 1.90 bits per heavy atom. The van der Waals surface area contributed by atoms with Gasteiger partial charge in [0, 0.05) is 17.4 Å². The van der Waals surface area contributed by atoms with Gasteiger partial charge in [-0.3, -0.25) is 10.1 Å². The molecule has 30 heavy (non-hydrogen) atoms. The van der Waals surface area contributed by atoms with Crippen LogP contribution in [0.4, 0.5) is 6.01 Å². The molecule has 0 aliphatic rings. The van der Waals surface area contributed by atoms with Crippen LogP contribution in [-0.4, -0.2) is 37.4 Å². The third kappa shape index (κ3) is 5.66. The second-order valence-corrected chi connectivity index (χ2v) is 8.77. The van der Waals surface area contributed by atoms with Crippen molar-refractivity contribution in [2.24, 2.45) is 0 Å². The first kappa shape index (κ1) is 21.5. The molecule has 158 valence electrons. The highest BCUT2D eigenvalue weighted by molar-refractivity contribution is 7.90. The largest absolute Gasteiger partial charge is 0.494 e. The molecule has 0 radical (unpaired) electrons. The molecule has 1 aromatic heterocycles. The lowest BCUT2D eigenvalue weighted by molar-refractivity contribution is 0.102. The number of sulfone groups is 1. The predicted molar refractivity (Wildman–Crippen MR) is 112 cm³/mol. The van der Waals surface area contributed by atoms with E-state index in [1.165, 1.54) is 12.1 Å². The quantitative estimate of drug-likeness (QED) is 0.512. The Morgan fingerprint density at radius 1 is 1.10 bits per heavy atom. The fourth-order valence-corrected chi connectivity index (χ4v) is 3.36. The van der Waals surface area contributed by atoms with E-state index in [2.05, 4.69) is 22.4 Å². The van der Waals surface area contributed by atoms with Crippen molar-refractivity contribution in [3.63, 3.8) is 0 Å². The average Bonchev–Trinajstić information content (AvgIpc) is 3.19. The second kappa shape index (κ2) is 9.53. The van der Waals surface area contributed by atoms with Crippen LogP contribution in [0.15, 0.2) is 57.8 Å². The van der Waals surface area contributed by atoms with Crippen molar-refractivity contribution in [3.8, 4) is 17.2 Å². The van der Waals surface area contributed by atoms with Gasteiger partial charge in [-0.2, -0.15) is 0 Å². The number of nitrogens with one attached hydrogen (secondary N) is 1. The van der Waals surface area contributed by atoms with Gasteiger partial charge in [0.15, 0.2) is 9.84 Å². The molecule has 3 aromatic rings. The van der Waals surface area contributed by atoms with Crippen LogP contribution < -0.4 is 10.1 Å². The minimum absolute atomic E-state index is 0.0889. The Morgan fingerprint density at radius 3 is 2.67 bits per heavy atom. The number of rotatable bonds is 9. The van der Waals surface area contributed by atoms with Gasteiger partial charge >= 0.3 is 6.01 Å². The van der Waals surface area contributed by atoms with Crippen LogP contribution in [0.2, 0.25) is 0 Å². The van der Waals surface area contributed by atoms with Gasteiger partial charge in [0.1, 0.15) is 5.75 Å². The Bertz CT molecular complexity index is 1120. The molecule has 1 heterocycles. The van der Waals surface area contributed by atoms with Gasteiger partial charge in [-0.15, -0.1) is 5.10 Å². The third-order valence-corrected chi connectivity index (χ3v) is 5.38. The number of unbranched alkanes of at least 4 members (excludes halogenated alkanes) is 2. The second-order valence-electron chi connectivity index (χ2n) is 6.75. The third-order valence-electron chi connectivity index (χ3n) is 4.27. The smallest absolute Gasteiger partial charge is 0.322 e. The van der Waals surface area contributed by atoms with E-state index in [0.717, 1.165) is 25.5 Å². The average molecular weight is 429 g/mol. The van der Waals surface area contributed by atoms with Crippen LogP contribution in [0.1, 0.15) is 36.5 Å². The summed E-state index contributed by atoms with van der Waals surface area (Å²) in [5.41, 5.74) is 0.829. The minimum atomic E-state index is -3.37. The number of amides is 1. The molecule has 0 atom stereocenters. The van der Waals surface area contributed by atoms with Gasteiger partial charge in [-0.1, -0.05) is 37.0 Å². The summed E-state index contributed by atoms with van der Waals surface area (Å²) in [5, 5.41) is 10.2. The van der Waals surface area contributed by atoms with Crippen molar-refractivity contribution in [3.05, 3.63) is 54.1 Å². The highest BCUT2D eigenvalue weighted by atomic mass is 32.2. The normalized spacial score (nSPS) is 11.3. The standard InChI is InChI=1S/C21H23N3O5S/c1-3-4-5-12-28-17-10-6-8-15(13-17)19(25)22-21-24-23-20(29-21)16-9-7-11-18(14-16)30(2,26)27/h6-11,13-14H,3-5,12H2,1-2H3,(H,22,24,25). The number of benzene rings is 2. The van der Waals surface area contributed by atoms with Gasteiger partial charge in [0.2, 0.25) is 5.89 Å². The van der Waals surface area contributed by atoms with E-state index in [1.807, 2.05) is 0 Å². The summed E-state index contributed by atoms with van der Waals surface area (Å²) in [5.74, 6) is 0.292. The summed E-state index contributed by atoms with van der Waals surface area (Å²) in [4.78, 5) is 12.6. The van der Waals surface area contributed by atoms with Gasteiger partial charge in [-0.05, 0) is 42.8 Å². The molecule has 0 aliphatic carbocycles. The lowest BCUT2D eigenvalue weighted by Gasteiger charge is -2.07. The van der Waals surface area contributed by atoms with Crippen molar-refractivity contribution in [1.29, 1.82) is 0 Å². The van der Waals surface area contributed by atoms with Crippen molar-refractivity contribution < 1.29 is 22.4 Å². The Balaban J connectivity index is 1.68. The summed E-state index contributed by atoms with van der Waals surface area (Å²) in [6, 6.07) is 12.9. The van der Waals surface area contributed by atoms with E-state index in [4.69, 9.17) is 9.15 Å². The van der Waals surface area contributed by atoms with Crippen molar-refractivity contribution in [2.75, 3.05) is 18.2 Å². The van der Waals surface area contributed by atoms with Gasteiger partial charge in [0.05, 0.1) is 11.5 Å². The molecule has 9 heteroatoms. The zero-order chi connectivity index (χ0) is 21.6. The van der Waals surface area contributed by atoms with Gasteiger partial charge in [0.25, 0.3) is 5.91 Å². The van der Waals surface area contributed by atoms with Crippen molar-refractivity contribution in [1.82, 2.24) is 10.2 Å². The molecule has 0 bridgehead atoms. The van der Waals surface area contributed by atoms with E-state index < -0.39 is 15.7 Å². The first-order valence-corrected chi connectivity index (χ1v) is 11.4. The van der Waals surface area contributed by atoms with E-state index in [0.29, 0.717) is 23.5 Å². The number of anilines is 1. The minimum Gasteiger partial charge on any atom is -0.494 e. The zero-order valence-corrected chi connectivity index (χ0v) is 17.6. The van der Waals surface area contributed by atoms with E-state index in [1.54, 1.807) is 36.4 Å². The summed E-state index contributed by atoms with van der Waals surface area (Å²) < 4.78 is 34.6. The fourth-order valence-electron chi connectivity index (χ4n) is 2.69. The van der Waals surface area contributed by atoms with Gasteiger partial charge < -0.3 is 9.15 Å². The molecule has 8 nitrogen and oxygen atoms in total. The number of hydrogen-bond acceptors (Lipinski definition) is 7. The van der Waals surface area contributed by atoms with Crippen LogP contribution >= 0.6 is 0 Å². The monoisotopic (exact) mass is 429 g/mol. The van der Waals surface area contributed by atoms with E-state index >= 15 is 0 Å². The SMILES string of the molecule is CCCCCOc1cccc(C(=O)Nc2nnc(-c3cccc(S(C)(=O)=O)c3)o2)c1. The maximum atomic E-state index is 12.5. The summed E-state index contributed by atoms with van der Waals surface area (Å²) in [6.07, 6.45) is 4.27. The van der Waals surface area contributed by atoms with Crippen molar-refractivity contribution in [2.45, 2.75) is 31.1 Å². The molecular weight excluding hydrogens is 406 g/mol. The fraction of sp³-hybridized carbons (Fsp3) is 0.286. The Labute approximate surface area is 175 Å². The molecule has 2 aromatic carbocycles. The molecule has 3 rings (SSSR count). The van der Waals surface area contributed by atoms with Gasteiger partial charge in [-0.25, -0.2) is 8.42 Å². The lowest BCUT2D eigenvalue weighted by Crippen LogP contribution is -2.12. The summed E-state index contributed by atoms with van der Waals surface area (Å²) in [7, 11) is -3.37. The molecule has 0 aliphatic heterocycles. The van der Waals surface area contributed by atoms with E-state index in [9.17, 15) is 13.2 Å². The zero-order valence-electron chi connectivity index (χ0n) is 16.8. The highest BCUT2D eigenvalue weighted by Gasteiger charge is 2.15. The first-order valence-electron chi connectivity index (χ1n) is 9.55. The number of hydrogen-bond donors (Lipinski definition) is 1. The molecule has 1 N–H and O–H groups in total. The molecular formula is C21H23N3O5S. The molecule has 0 saturated heterocycles. The Hall–Kier alpha value is -3.20. The number of ether oxygens (including phenoxy) is 1. The van der Waals surface area contributed by atoms with E-state index in [-0.39, 0.29) is 16.8 Å². The molecule has 0 unspecified atom stereocenters. The molecule has 0 fully saturated rings. The molecule has 0 saturated carbocycles. The van der Waals surface area contributed by atoms with Crippen molar-refractivity contribution >= 4 is 21.8 Å². The van der Waals surface area contributed by atoms with Crippen LogP contribution in [0.5, 0.6) is 5.75 Å². The van der Waals surface area contributed by atoms with Crippen LogP contribution in [0.25, 0.3) is 11.5 Å². The molecule has 0 spiro atoms. The first-order chi connectivity index (χ1) is 14.4. The summed E-state index contributed by atoms with van der Waals surface area (Å²) >= 11 is 0. The summed E-state index contributed by atoms with van der Waals surface area (Å²) in [6.45, 7) is 2.72. The molecule has 1 amide bonds.